The summed E-state index contributed by atoms with van der Waals surface area (Å²) in [5.74, 6) is -1.44. The van der Waals surface area contributed by atoms with Gasteiger partial charge >= 0.3 is 6.09 Å². The number of benzene rings is 1. The fraction of sp³-hybridized carbons (Fsp3) is 0.214. The van der Waals surface area contributed by atoms with Crippen molar-refractivity contribution in [1.82, 2.24) is 34.3 Å². The molecule has 5 aromatic rings. The summed E-state index contributed by atoms with van der Waals surface area (Å²) < 4.78 is 30.5. The molecule has 0 aliphatic carbocycles. The Morgan fingerprint density at radius 2 is 1.78 bits per heavy atom. The SMILES string of the molecule is Cn1nc(-c2ccc(F)cc2)c(-c2ccc3nc(NC(=O)c4ccnc(F)c4)cn3n2)c1C1CCN(C(=O)O)CC1. The molecule has 0 spiro atoms. The summed E-state index contributed by atoms with van der Waals surface area (Å²) >= 11 is 0. The summed E-state index contributed by atoms with van der Waals surface area (Å²) in [6.45, 7) is 0.795. The zero-order valence-electron chi connectivity index (χ0n) is 21.8. The van der Waals surface area contributed by atoms with Crippen LogP contribution in [0.25, 0.3) is 28.2 Å². The molecule has 41 heavy (non-hydrogen) atoms. The highest BCUT2D eigenvalue weighted by atomic mass is 19.1. The van der Waals surface area contributed by atoms with E-state index in [-0.39, 0.29) is 23.1 Å². The van der Waals surface area contributed by atoms with E-state index >= 15 is 0 Å². The third-order valence-corrected chi connectivity index (χ3v) is 7.17. The Hall–Kier alpha value is -5.20. The molecule has 1 aliphatic heterocycles. The molecule has 0 saturated carbocycles. The molecule has 5 heterocycles. The van der Waals surface area contributed by atoms with Gasteiger partial charge in [-0.15, -0.1) is 0 Å². The number of aromatic nitrogens is 6. The number of halogens is 2. The number of aryl methyl sites for hydroxylation is 1. The van der Waals surface area contributed by atoms with Gasteiger partial charge in [-0.3, -0.25) is 9.48 Å². The van der Waals surface area contributed by atoms with E-state index in [1.54, 1.807) is 35.1 Å². The van der Waals surface area contributed by atoms with Crippen molar-refractivity contribution in [2.24, 2.45) is 7.05 Å². The molecular formula is C28H24F2N8O3. The van der Waals surface area contributed by atoms with E-state index in [1.807, 2.05) is 7.05 Å². The predicted octanol–water partition coefficient (Wildman–Crippen LogP) is 4.58. The Morgan fingerprint density at radius 3 is 2.49 bits per heavy atom. The van der Waals surface area contributed by atoms with Crippen molar-refractivity contribution in [3.8, 4) is 22.5 Å². The number of likely N-dealkylation sites (tertiary alicyclic amines) is 1. The van der Waals surface area contributed by atoms with Gasteiger partial charge in [-0.2, -0.15) is 14.6 Å². The van der Waals surface area contributed by atoms with Gasteiger partial charge in [0.15, 0.2) is 11.5 Å². The molecule has 13 heteroatoms. The number of carbonyl (C=O) groups excluding carboxylic acids is 1. The van der Waals surface area contributed by atoms with Gasteiger partial charge in [-0.05, 0) is 55.3 Å². The van der Waals surface area contributed by atoms with Gasteiger partial charge in [0, 0.05) is 49.4 Å². The van der Waals surface area contributed by atoms with E-state index in [0.717, 1.165) is 17.3 Å². The minimum absolute atomic E-state index is 0.0168. The lowest BCUT2D eigenvalue weighted by Gasteiger charge is -2.30. The van der Waals surface area contributed by atoms with Gasteiger partial charge in [0.05, 0.1) is 23.1 Å². The van der Waals surface area contributed by atoms with Crippen molar-refractivity contribution < 1.29 is 23.5 Å². The van der Waals surface area contributed by atoms with E-state index in [1.165, 1.54) is 33.8 Å². The number of rotatable bonds is 5. The first-order valence-electron chi connectivity index (χ1n) is 12.9. The summed E-state index contributed by atoms with van der Waals surface area (Å²) in [7, 11) is 1.83. The van der Waals surface area contributed by atoms with Gasteiger partial charge in [0.25, 0.3) is 5.91 Å². The molecular weight excluding hydrogens is 534 g/mol. The lowest BCUT2D eigenvalue weighted by Crippen LogP contribution is -2.37. The molecule has 0 radical (unpaired) electrons. The molecule has 11 nitrogen and oxygen atoms in total. The second kappa shape index (κ2) is 10.4. The Kier molecular flexibility index (Phi) is 6.61. The first-order valence-corrected chi connectivity index (χ1v) is 12.9. The van der Waals surface area contributed by atoms with Gasteiger partial charge in [-0.1, -0.05) is 0 Å². The van der Waals surface area contributed by atoms with Crippen molar-refractivity contribution in [2.75, 3.05) is 18.4 Å². The monoisotopic (exact) mass is 558 g/mol. The Labute approximate surface area is 232 Å². The Balaban J connectivity index is 1.39. The summed E-state index contributed by atoms with van der Waals surface area (Å²) in [6.07, 6.45) is 3.04. The highest BCUT2D eigenvalue weighted by Gasteiger charge is 2.31. The van der Waals surface area contributed by atoms with Crippen molar-refractivity contribution in [2.45, 2.75) is 18.8 Å². The highest BCUT2D eigenvalue weighted by molar-refractivity contribution is 6.03. The molecule has 1 fully saturated rings. The lowest BCUT2D eigenvalue weighted by atomic mass is 9.88. The number of hydrogen-bond donors (Lipinski definition) is 2. The minimum Gasteiger partial charge on any atom is -0.465 e. The number of nitrogens with zero attached hydrogens (tertiary/aromatic N) is 7. The number of piperidine rings is 1. The molecule has 0 bridgehead atoms. The first kappa shape index (κ1) is 26.0. The van der Waals surface area contributed by atoms with Crippen LogP contribution in [0.3, 0.4) is 0 Å². The fourth-order valence-electron chi connectivity index (χ4n) is 5.22. The number of fused-ring (bicyclic) bond motifs is 1. The fourth-order valence-corrected chi connectivity index (χ4v) is 5.22. The van der Waals surface area contributed by atoms with E-state index in [0.29, 0.717) is 48.5 Å². The topological polar surface area (TPSA) is 131 Å². The van der Waals surface area contributed by atoms with Crippen molar-refractivity contribution in [1.29, 1.82) is 0 Å². The van der Waals surface area contributed by atoms with E-state index in [4.69, 9.17) is 10.2 Å². The van der Waals surface area contributed by atoms with Gasteiger partial charge in [0.1, 0.15) is 11.5 Å². The third kappa shape index (κ3) is 5.09. The summed E-state index contributed by atoms with van der Waals surface area (Å²) in [6, 6.07) is 12.0. The average molecular weight is 559 g/mol. The number of anilines is 1. The van der Waals surface area contributed by atoms with Crippen LogP contribution in [-0.2, 0) is 7.05 Å². The molecule has 1 saturated heterocycles. The standard InChI is InChI=1S/C28H24F2N8O3/c1-36-26(17-9-12-37(13-10-17)28(40)41)24(25(35-36)16-2-4-19(29)5-3-16)20-6-7-23-32-22(15-38(23)34-20)33-27(39)18-8-11-31-21(30)14-18/h2-8,11,14-15,17H,9-10,12-13H2,1H3,(H,33,39)(H,40,41). The zero-order chi connectivity index (χ0) is 28.7. The number of nitrogens with one attached hydrogen (secondary N) is 1. The number of pyridine rings is 1. The molecule has 1 aromatic carbocycles. The van der Waals surface area contributed by atoms with Gasteiger partial charge in [0.2, 0.25) is 5.95 Å². The lowest BCUT2D eigenvalue weighted by molar-refractivity contribution is 0.102. The van der Waals surface area contributed by atoms with Crippen LogP contribution in [0.1, 0.15) is 34.8 Å². The number of carboxylic acid groups (broad SMARTS) is 1. The summed E-state index contributed by atoms with van der Waals surface area (Å²) in [5.41, 5.74) is 4.11. The van der Waals surface area contributed by atoms with Crippen molar-refractivity contribution in [3.05, 3.63) is 83.9 Å². The van der Waals surface area contributed by atoms with Crippen LogP contribution in [0, 0.1) is 11.8 Å². The van der Waals surface area contributed by atoms with Gasteiger partial charge < -0.3 is 15.3 Å². The van der Waals surface area contributed by atoms with Gasteiger partial charge in [-0.25, -0.2) is 23.7 Å². The Morgan fingerprint density at radius 1 is 1.02 bits per heavy atom. The van der Waals surface area contributed by atoms with Crippen molar-refractivity contribution >= 4 is 23.5 Å². The maximum Gasteiger partial charge on any atom is 0.407 e. The molecule has 0 unspecified atom stereocenters. The van der Waals surface area contributed by atoms with Crippen LogP contribution in [0.4, 0.5) is 19.4 Å². The zero-order valence-corrected chi connectivity index (χ0v) is 21.8. The summed E-state index contributed by atoms with van der Waals surface area (Å²) in [4.78, 5) is 33.3. The van der Waals surface area contributed by atoms with E-state index < -0.39 is 17.9 Å². The predicted molar refractivity (Wildman–Crippen MR) is 144 cm³/mol. The molecule has 6 rings (SSSR count). The average Bonchev–Trinajstić information content (AvgIpc) is 3.52. The molecule has 2 amide bonds. The highest BCUT2D eigenvalue weighted by Crippen LogP contribution is 2.40. The van der Waals surface area contributed by atoms with Crippen LogP contribution in [-0.4, -0.2) is 64.5 Å². The minimum atomic E-state index is -0.940. The second-order valence-corrected chi connectivity index (χ2v) is 9.75. The van der Waals surface area contributed by atoms with Crippen LogP contribution in [0.5, 0.6) is 0 Å². The third-order valence-electron chi connectivity index (χ3n) is 7.17. The van der Waals surface area contributed by atoms with Crippen LogP contribution < -0.4 is 5.32 Å². The second-order valence-electron chi connectivity index (χ2n) is 9.75. The van der Waals surface area contributed by atoms with Crippen molar-refractivity contribution in [3.63, 3.8) is 0 Å². The number of hydrogen-bond acceptors (Lipinski definition) is 6. The number of imidazole rings is 1. The van der Waals surface area contributed by atoms with Crippen LogP contribution in [0.15, 0.2) is 60.9 Å². The number of amides is 2. The molecule has 2 N–H and O–H groups in total. The first-order chi connectivity index (χ1) is 19.8. The maximum absolute atomic E-state index is 13.7. The smallest absolute Gasteiger partial charge is 0.407 e. The number of carbonyl (C=O) groups is 2. The molecule has 4 aromatic heterocycles. The molecule has 208 valence electrons. The largest absolute Gasteiger partial charge is 0.465 e. The summed E-state index contributed by atoms with van der Waals surface area (Å²) in [5, 5.41) is 21.6. The Bertz CT molecular complexity index is 1780. The van der Waals surface area contributed by atoms with Crippen LogP contribution in [0.2, 0.25) is 0 Å². The van der Waals surface area contributed by atoms with E-state index in [9.17, 15) is 23.5 Å². The molecule has 0 atom stereocenters. The quantitative estimate of drug-likeness (QED) is 0.302. The normalized spacial score (nSPS) is 14.0. The molecule has 1 aliphatic rings. The maximum atomic E-state index is 13.7. The van der Waals surface area contributed by atoms with Crippen LogP contribution >= 0.6 is 0 Å². The van der Waals surface area contributed by atoms with E-state index in [2.05, 4.69) is 15.3 Å².